The van der Waals surface area contributed by atoms with E-state index >= 15 is 8.78 Å². The second kappa shape index (κ2) is 16.5. The highest BCUT2D eigenvalue weighted by Gasteiger charge is 2.21. The number of hydrogen-bond donors (Lipinski definition) is 2. The highest BCUT2D eigenvalue weighted by Crippen LogP contribution is 2.32. The van der Waals surface area contributed by atoms with Crippen molar-refractivity contribution in [3.8, 4) is 16.9 Å². The molecule has 0 aliphatic heterocycles. The summed E-state index contributed by atoms with van der Waals surface area (Å²) in [6, 6.07) is 11.8. The Morgan fingerprint density at radius 2 is 1.76 bits per heavy atom. The molecule has 0 radical (unpaired) electrons. The monoisotopic (exact) mass is 619 g/mol. The van der Waals surface area contributed by atoms with Gasteiger partial charge in [-0.15, -0.1) is 0 Å². The predicted molar refractivity (Wildman–Crippen MR) is 180 cm³/mol. The number of rotatable bonds is 14. The Morgan fingerprint density at radius 3 is 2.40 bits per heavy atom. The fourth-order valence-electron chi connectivity index (χ4n) is 4.96. The SMILES string of the molecule is C=C(NC(C)CN=O)c1ccc(C)c(-c2nc(NCCCN(CC)CC)nc3c2ccc(=O)n3-c2c(F)cccc2F)c1.CC. The fourth-order valence-corrected chi connectivity index (χ4v) is 4.96. The molecule has 4 rings (SSSR count). The van der Waals surface area contributed by atoms with Crippen molar-refractivity contribution < 1.29 is 8.78 Å². The quantitative estimate of drug-likeness (QED) is 0.117. The molecule has 0 amide bonds. The van der Waals surface area contributed by atoms with Gasteiger partial charge in [-0.05, 0) is 75.3 Å². The molecule has 2 heterocycles. The van der Waals surface area contributed by atoms with E-state index < -0.39 is 22.9 Å². The van der Waals surface area contributed by atoms with Gasteiger partial charge in [0, 0.05) is 35.3 Å². The number of fused-ring (bicyclic) bond motifs is 1. The van der Waals surface area contributed by atoms with Crippen LogP contribution < -0.4 is 16.2 Å². The molecule has 0 aliphatic carbocycles. The third-order valence-electron chi connectivity index (χ3n) is 7.35. The lowest BCUT2D eigenvalue weighted by Gasteiger charge is -2.19. The van der Waals surface area contributed by atoms with Gasteiger partial charge in [0.05, 0.1) is 5.69 Å². The van der Waals surface area contributed by atoms with Crippen molar-refractivity contribution in [1.29, 1.82) is 0 Å². The van der Waals surface area contributed by atoms with Gasteiger partial charge in [0.15, 0.2) is 5.65 Å². The molecule has 9 nitrogen and oxygen atoms in total. The predicted octanol–water partition coefficient (Wildman–Crippen LogP) is 6.92. The Labute approximate surface area is 263 Å². The Kier molecular flexibility index (Phi) is 12.8. The number of aromatic nitrogens is 3. The van der Waals surface area contributed by atoms with Crippen LogP contribution in [0.5, 0.6) is 0 Å². The van der Waals surface area contributed by atoms with E-state index in [9.17, 15) is 9.70 Å². The van der Waals surface area contributed by atoms with E-state index in [1.54, 1.807) is 6.07 Å². The molecule has 0 saturated heterocycles. The van der Waals surface area contributed by atoms with Crippen molar-refractivity contribution in [2.75, 3.05) is 38.0 Å². The number of para-hydroxylation sites is 1. The van der Waals surface area contributed by atoms with Crippen LogP contribution in [0.25, 0.3) is 33.7 Å². The minimum absolute atomic E-state index is 0.0696. The van der Waals surface area contributed by atoms with Gasteiger partial charge in [-0.3, -0.25) is 9.36 Å². The lowest BCUT2D eigenvalue weighted by Crippen LogP contribution is -2.26. The first-order valence-corrected chi connectivity index (χ1v) is 15.4. The number of nitroso groups, excluding NO2 is 1. The maximum Gasteiger partial charge on any atom is 0.256 e. The Hall–Kier alpha value is -4.51. The zero-order valence-corrected chi connectivity index (χ0v) is 27.0. The summed E-state index contributed by atoms with van der Waals surface area (Å²) in [6.45, 7) is 19.5. The van der Waals surface area contributed by atoms with Crippen molar-refractivity contribution in [2.45, 2.75) is 54.0 Å². The molecule has 2 aromatic carbocycles. The minimum Gasteiger partial charge on any atom is -0.381 e. The maximum absolute atomic E-state index is 15.0. The van der Waals surface area contributed by atoms with Crippen LogP contribution in [0.15, 0.2) is 65.1 Å². The number of nitrogens with one attached hydrogen (secondary N) is 2. The smallest absolute Gasteiger partial charge is 0.256 e. The molecule has 2 aromatic heterocycles. The van der Waals surface area contributed by atoms with Gasteiger partial charge in [-0.2, -0.15) is 9.89 Å². The summed E-state index contributed by atoms with van der Waals surface area (Å²) in [5.74, 6) is -1.54. The standard InChI is InChI=1S/C32H37F2N7O2.C2H6/c1-6-40(7-2)17-9-16-35-32-38-29(25-18-23(13-12-20(25)3)22(5)37-21(4)19-36-43)24-14-15-28(42)41(31(24)39-32)30-26(33)10-8-11-27(30)34;1-2/h8,10-15,18,21,37H,5-7,9,16-17,19H2,1-4H3,(H,35,38,39);1-2H3. The van der Waals surface area contributed by atoms with Crippen LogP contribution in [0, 0.1) is 23.5 Å². The van der Waals surface area contributed by atoms with Gasteiger partial charge in [0.1, 0.15) is 23.9 Å². The Bertz CT molecular complexity index is 1670. The second-order valence-electron chi connectivity index (χ2n) is 10.4. The van der Waals surface area contributed by atoms with Gasteiger partial charge in [-0.25, -0.2) is 13.8 Å². The zero-order chi connectivity index (χ0) is 33.1. The van der Waals surface area contributed by atoms with E-state index in [1.165, 1.54) is 12.1 Å². The van der Waals surface area contributed by atoms with Gasteiger partial charge in [0.25, 0.3) is 5.56 Å². The van der Waals surface area contributed by atoms with Crippen molar-refractivity contribution in [2.24, 2.45) is 5.18 Å². The van der Waals surface area contributed by atoms with Crippen LogP contribution in [0.3, 0.4) is 0 Å². The molecule has 1 atom stereocenters. The average Bonchev–Trinajstić information content (AvgIpc) is 3.03. The summed E-state index contributed by atoms with van der Waals surface area (Å²) in [7, 11) is 0. The van der Waals surface area contributed by atoms with Crippen LogP contribution >= 0.6 is 0 Å². The molecule has 0 bridgehead atoms. The van der Waals surface area contributed by atoms with Crippen molar-refractivity contribution in [3.05, 3.63) is 93.1 Å². The highest BCUT2D eigenvalue weighted by atomic mass is 19.1. The molecule has 11 heteroatoms. The number of anilines is 1. The molecule has 0 fully saturated rings. The van der Waals surface area contributed by atoms with E-state index in [2.05, 4.69) is 46.1 Å². The molecule has 0 spiro atoms. The minimum atomic E-state index is -0.886. The van der Waals surface area contributed by atoms with E-state index in [4.69, 9.17) is 4.98 Å². The van der Waals surface area contributed by atoms with Crippen LogP contribution in [-0.2, 0) is 0 Å². The summed E-state index contributed by atoms with van der Waals surface area (Å²) in [5.41, 5.74) is 2.37. The summed E-state index contributed by atoms with van der Waals surface area (Å²) in [6.07, 6.45) is 0.815. The third kappa shape index (κ3) is 8.36. The van der Waals surface area contributed by atoms with Crippen molar-refractivity contribution in [1.82, 2.24) is 24.8 Å². The van der Waals surface area contributed by atoms with Crippen LogP contribution in [-0.4, -0.2) is 58.2 Å². The molecule has 45 heavy (non-hydrogen) atoms. The van der Waals surface area contributed by atoms with Crippen LogP contribution in [0.4, 0.5) is 14.7 Å². The molecule has 1 unspecified atom stereocenters. The molecule has 0 aliphatic rings. The third-order valence-corrected chi connectivity index (χ3v) is 7.35. The normalized spacial score (nSPS) is 11.6. The zero-order valence-electron chi connectivity index (χ0n) is 27.0. The lowest BCUT2D eigenvalue weighted by atomic mass is 9.98. The summed E-state index contributed by atoms with van der Waals surface area (Å²) < 4.78 is 31.0. The summed E-state index contributed by atoms with van der Waals surface area (Å²) in [5, 5.41) is 9.82. The number of halogens is 2. The molecule has 2 N–H and O–H groups in total. The van der Waals surface area contributed by atoms with Crippen LogP contribution in [0.1, 0.15) is 52.2 Å². The molecule has 4 aromatic rings. The van der Waals surface area contributed by atoms with Gasteiger partial charge in [0.2, 0.25) is 5.95 Å². The topological polar surface area (TPSA) is 105 Å². The van der Waals surface area contributed by atoms with Crippen molar-refractivity contribution in [3.63, 3.8) is 0 Å². The summed E-state index contributed by atoms with van der Waals surface area (Å²) >= 11 is 0. The average molecular weight is 620 g/mol. The Morgan fingerprint density at radius 1 is 1.07 bits per heavy atom. The number of pyridine rings is 1. The maximum atomic E-state index is 15.0. The van der Waals surface area contributed by atoms with Gasteiger partial charge in [-0.1, -0.05) is 57.6 Å². The molecular formula is C34H43F2N7O2. The van der Waals surface area contributed by atoms with Crippen LogP contribution in [0.2, 0.25) is 0 Å². The van der Waals surface area contributed by atoms with E-state index in [1.807, 2.05) is 45.9 Å². The van der Waals surface area contributed by atoms with Gasteiger partial charge < -0.3 is 15.5 Å². The first-order valence-electron chi connectivity index (χ1n) is 15.4. The molecular weight excluding hydrogens is 576 g/mol. The van der Waals surface area contributed by atoms with Gasteiger partial charge >= 0.3 is 0 Å². The number of nitrogens with zero attached hydrogens (tertiary/aromatic N) is 5. The van der Waals surface area contributed by atoms with Crippen molar-refractivity contribution >= 4 is 22.7 Å². The highest BCUT2D eigenvalue weighted by molar-refractivity contribution is 5.93. The Balaban J connectivity index is 0.00000271. The number of benzene rings is 2. The van der Waals surface area contributed by atoms with E-state index in [0.29, 0.717) is 23.3 Å². The lowest BCUT2D eigenvalue weighted by molar-refractivity contribution is 0.303. The van der Waals surface area contributed by atoms with E-state index in [0.717, 1.165) is 59.4 Å². The molecule has 0 saturated carbocycles. The van der Waals surface area contributed by atoms with E-state index in [-0.39, 0.29) is 24.2 Å². The number of aryl methyl sites for hydroxylation is 1. The first-order chi connectivity index (χ1) is 21.7. The summed E-state index contributed by atoms with van der Waals surface area (Å²) in [4.78, 5) is 35.6. The molecule has 240 valence electrons. The number of hydrogen-bond acceptors (Lipinski definition) is 8. The second-order valence-corrected chi connectivity index (χ2v) is 10.4. The fraction of sp³-hybridized carbons (Fsp3) is 0.382. The largest absolute Gasteiger partial charge is 0.381 e. The first kappa shape index (κ1) is 35.0.